The van der Waals surface area contributed by atoms with Crippen LogP contribution in [0.25, 0.3) is 0 Å². The first-order valence-electron chi connectivity index (χ1n) is 5.53. The van der Waals surface area contributed by atoms with Gasteiger partial charge in [-0.3, -0.25) is 4.98 Å². The molecule has 0 atom stereocenters. The number of sulfonamides is 1. The second-order valence-electron chi connectivity index (χ2n) is 3.98. The molecule has 0 unspecified atom stereocenters. The summed E-state index contributed by atoms with van der Waals surface area (Å²) in [5.41, 5.74) is 6.44. The van der Waals surface area contributed by atoms with E-state index in [2.05, 4.69) is 25.6 Å². The minimum absolute atomic E-state index is 0.0419. The minimum atomic E-state index is -3.97. The van der Waals surface area contributed by atoms with Crippen LogP contribution in [0.1, 0.15) is 5.56 Å². The zero-order chi connectivity index (χ0) is 14.8. The first-order valence-corrected chi connectivity index (χ1v) is 7.81. The largest absolute Gasteiger partial charge is 0.398 e. The fourth-order valence-electron chi connectivity index (χ4n) is 1.51. The molecule has 1 aromatic carbocycles. The Morgan fingerprint density at radius 3 is 2.60 bits per heavy atom. The third-order valence-corrected chi connectivity index (χ3v) is 4.66. The van der Waals surface area contributed by atoms with Gasteiger partial charge in [-0.05, 0) is 45.8 Å². The summed E-state index contributed by atoms with van der Waals surface area (Å²) in [5, 5.41) is 0. The number of aromatic nitrogens is 1. The summed E-state index contributed by atoms with van der Waals surface area (Å²) in [6.07, 6.45) is 3.09. The number of nitrogens with zero attached hydrogens (tertiary/aromatic N) is 1. The first kappa shape index (κ1) is 14.9. The van der Waals surface area contributed by atoms with Gasteiger partial charge in [0.2, 0.25) is 10.0 Å². The molecule has 0 bridgehead atoms. The maximum Gasteiger partial charge on any atom is 0.243 e. The molecular weight excluding hydrogens is 349 g/mol. The van der Waals surface area contributed by atoms with Gasteiger partial charge in [-0.25, -0.2) is 17.5 Å². The topological polar surface area (TPSA) is 85.1 Å². The lowest BCUT2D eigenvalue weighted by atomic mass is 10.3. The van der Waals surface area contributed by atoms with Crippen molar-refractivity contribution in [3.05, 3.63) is 52.5 Å². The van der Waals surface area contributed by atoms with Crippen molar-refractivity contribution in [1.82, 2.24) is 9.71 Å². The van der Waals surface area contributed by atoms with Gasteiger partial charge < -0.3 is 5.73 Å². The first-order chi connectivity index (χ1) is 9.40. The Morgan fingerprint density at radius 2 is 1.95 bits per heavy atom. The van der Waals surface area contributed by atoms with Crippen molar-refractivity contribution in [2.75, 3.05) is 5.73 Å². The van der Waals surface area contributed by atoms with Crippen LogP contribution in [0.2, 0.25) is 0 Å². The SMILES string of the molecule is Nc1cc(S(=O)(=O)NCc2ccncc2)c(F)cc1Br. The quantitative estimate of drug-likeness (QED) is 0.818. The zero-order valence-electron chi connectivity index (χ0n) is 10.2. The molecule has 0 aliphatic carbocycles. The molecule has 0 aliphatic rings. The summed E-state index contributed by atoms with van der Waals surface area (Å²) in [4.78, 5) is 3.35. The number of benzene rings is 1. The lowest BCUT2D eigenvalue weighted by Crippen LogP contribution is -2.24. The van der Waals surface area contributed by atoms with Crippen LogP contribution in [0.15, 0.2) is 46.0 Å². The number of nitrogen functional groups attached to an aromatic ring is 1. The Bertz CT molecular complexity index is 723. The average molecular weight is 360 g/mol. The maximum atomic E-state index is 13.7. The Balaban J connectivity index is 2.25. The number of pyridine rings is 1. The van der Waals surface area contributed by atoms with E-state index < -0.39 is 20.7 Å². The van der Waals surface area contributed by atoms with E-state index in [0.29, 0.717) is 10.0 Å². The molecule has 0 saturated carbocycles. The molecule has 3 N–H and O–H groups in total. The fraction of sp³-hybridized carbons (Fsp3) is 0.0833. The van der Waals surface area contributed by atoms with E-state index in [1.807, 2.05) is 0 Å². The van der Waals surface area contributed by atoms with Crippen LogP contribution in [-0.4, -0.2) is 13.4 Å². The summed E-state index contributed by atoms with van der Waals surface area (Å²) in [6, 6.07) is 5.42. The monoisotopic (exact) mass is 359 g/mol. The molecule has 0 aliphatic heterocycles. The highest BCUT2D eigenvalue weighted by atomic mass is 79.9. The van der Waals surface area contributed by atoms with Gasteiger partial charge in [0, 0.05) is 29.1 Å². The summed E-state index contributed by atoms with van der Waals surface area (Å²) in [5.74, 6) is -0.867. The molecule has 0 saturated heterocycles. The van der Waals surface area contributed by atoms with Crippen molar-refractivity contribution >= 4 is 31.6 Å². The normalized spacial score (nSPS) is 11.5. The van der Waals surface area contributed by atoms with E-state index in [0.717, 1.165) is 12.1 Å². The number of nitrogens with one attached hydrogen (secondary N) is 1. The van der Waals surface area contributed by atoms with Crippen molar-refractivity contribution in [3.8, 4) is 0 Å². The molecule has 1 aromatic heterocycles. The Morgan fingerprint density at radius 1 is 1.30 bits per heavy atom. The van der Waals surface area contributed by atoms with Gasteiger partial charge in [0.15, 0.2) is 0 Å². The highest BCUT2D eigenvalue weighted by molar-refractivity contribution is 9.10. The van der Waals surface area contributed by atoms with Crippen molar-refractivity contribution in [2.24, 2.45) is 0 Å². The van der Waals surface area contributed by atoms with E-state index in [1.54, 1.807) is 24.5 Å². The number of hydrogen-bond acceptors (Lipinski definition) is 4. The van der Waals surface area contributed by atoms with Crippen molar-refractivity contribution in [1.29, 1.82) is 0 Å². The lowest BCUT2D eigenvalue weighted by Gasteiger charge is -2.09. The maximum absolute atomic E-state index is 13.7. The predicted octanol–water partition coefficient (Wildman–Crippen LogP) is 2.04. The Hall–Kier alpha value is -1.51. The second kappa shape index (κ2) is 5.86. The summed E-state index contributed by atoms with van der Waals surface area (Å²) in [7, 11) is -3.97. The molecule has 2 rings (SSSR count). The van der Waals surface area contributed by atoms with Gasteiger partial charge >= 0.3 is 0 Å². The number of anilines is 1. The van der Waals surface area contributed by atoms with Crippen LogP contribution in [0.4, 0.5) is 10.1 Å². The van der Waals surface area contributed by atoms with Gasteiger partial charge in [-0.2, -0.15) is 0 Å². The zero-order valence-corrected chi connectivity index (χ0v) is 12.6. The van der Waals surface area contributed by atoms with Gasteiger partial charge in [-0.1, -0.05) is 0 Å². The molecule has 0 radical (unpaired) electrons. The van der Waals surface area contributed by atoms with Crippen LogP contribution < -0.4 is 10.5 Å². The molecule has 106 valence electrons. The van der Waals surface area contributed by atoms with Crippen molar-refractivity contribution < 1.29 is 12.8 Å². The molecule has 2 aromatic rings. The summed E-state index contributed by atoms with van der Waals surface area (Å²) >= 11 is 3.04. The van der Waals surface area contributed by atoms with Crippen LogP contribution in [-0.2, 0) is 16.6 Å². The van der Waals surface area contributed by atoms with Gasteiger partial charge in [0.05, 0.1) is 0 Å². The van der Waals surface area contributed by atoms with Crippen LogP contribution >= 0.6 is 15.9 Å². The minimum Gasteiger partial charge on any atom is -0.398 e. The van der Waals surface area contributed by atoms with Crippen molar-refractivity contribution in [3.63, 3.8) is 0 Å². The van der Waals surface area contributed by atoms with Crippen LogP contribution in [0.5, 0.6) is 0 Å². The average Bonchev–Trinajstić information content (AvgIpc) is 2.42. The van der Waals surface area contributed by atoms with Crippen LogP contribution in [0, 0.1) is 5.82 Å². The van der Waals surface area contributed by atoms with E-state index >= 15 is 0 Å². The molecule has 0 fully saturated rings. The fourth-order valence-corrected chi connectivity index (χ4v) is 2.93. The number of halogens is 2. The number of rotatable bonds is 4. The van der Waals surface area contributed by atoms with E-state index in [1.165, 1.54) is 0 Å². The van der Waals surface area contributed by atoms with Gasteiger partial charge in [-0.15, -0.1) is 0 Å². The Labute approximate surface area is 124 Å². The molecule has 5 nitrogen and oxygen atoms in total. The van der Waals surface area contributed by atoms with E-state index in [9.17, 15) is 12.8 Å². The number of hydrogen-bond donors (Lipinski definition) is 2. The molecule has 0 amide bonds. The lowest BCUT2D eigenvalue weighted by molar-refractivity contribution is 0.556. The van der Waals surface area contributed by atoms with Crippen molar-refractivity contribution in [2.45, 2.75) is 11.4 Å². The van der Waals surface area contributed by atoms with Gasteiger partial charge in [0.1, 0.15) is 10.7 Å². The molecule has 8 heteroatoms. The third-order valence-electron chi connectivity index (χ3n) is 2.56. The molecule has 1 heterocycles. The highest BCUT2D eigenvalue weighted by Gasteiger charge is 2.20. The van der Waals surface area contributed by atoms with Gasteiger partial charge in [0.25, 0.3) is 0 Å². The third kappa shape index (κ3) is 3.33. The Kier molecular flexibility index (Phi) is 4.36. The molecule has 0 spiro atoms. The predicted molar refractivity (Wildman–Crippen MR) is 76.8 cm³/mol. The molecule has 20 heavy (non-hydrogen) atoms. The number of nitrogens with two attached hydrogens (primary N) is 1. The van der Waals surface area contributed by atoms with E-state index in [4.69, 9.17) is 5.73 Å². The smallest absolute Gasteiger partial charge is 0.243 e. The summed E-state index contributed by atoms with van der Waals surface area (Å²) in [6.45, 7) is 0.0419. The highest BCUT2D eigenvalue weighted by Crippen LogP contribution is 2.26. The standard InChI is InChI=1S/C12H11BrFN3O2S/c13-9-5-10(14)12(6-11(9)15)20(18,19)17-7-8-1-3-16-4-2-8/h1-6,17H,7,15H2. The van der Waals surface area contributed by atoms with Crippen LogP contribution in [0.3, 0.4) is 0 Å². The molecular formula is C12H11BrFN3O2S. The summed E-state index contributed by atoms with van der Waals surface area (Å²) < 4.78 is 40.5. The van der Waals surface area contributed by atoms with E-state index in [-0.39, 0.29) is 12.2 Å². The second-order valence-corrected chi connectivity index (χ2v) is 6.57.